The van der Waals surface area contributed by atoms with E-state index in [1.54, 1.807) is 4.90 Å². The number of urea groups is 1. The highest BCUT2D eigenvalue weighted by Crippen LogP contribution is 2.22. The summed E-state index contributed by atoms with van der Waals surface area (Å²) in [5.74, 6) is -0.0821. The summed E-state index contributed by atoms with van der Waals surface area (Å²) in [5.41, 5.74) is 3.05. The average Bonchev–Trinajstić information content (AvgIpc) is 3.04. The summed E-state index contributed by atoms with van der Waals surface area (Å²) in [5, 5.41) is 6.13. The van der Waals surface area contributed by atoms with Crippen LogP contribution in [0.25, 0.3) is 0 Å². The highest BCUT2D eigenvalue weighted by atomic mass is 16.2. The predicted molar refractivity (Wildman–Crippen MR) is 99.7 cm³/mol. The molecule has 1 aromatic rings. The second-order valence-corrected chi connectivity index (χ2v) is 7.50. The summed E-state index contributed by atoms with van der Waals surface area (Å²) in [6.45, 7) is 4.69. The fourth-order valence-electron chi connectivity index (χ4n) is 4.06. The Kier molecular flexibility index (Phi) is 5.61. The molecule has 2 aliphatic rings. The number of benzene rings is 1. The van der Waals surface area contributed by atoms with Gasteiger partial charge in [-0.2, -0.15) is 0 Å². The van der Waals surface area contributed by atoms with Crippen molar-refractivity contribution in [2.24, 2.45) is 0 Å². The molecular formula is C20H29N3O2. The van der Waals surface area contributed by atoms with Crippen molar-refractivity contribution in [3.8, 4) is 0 Å². The zero-order valence-electron chi connectivity index (χ0n) is 15.3. The molecule has 2 N–H and O–H groups in total. The van der Waals surface area contributed by atoms with Crippen LogP contribution in [-0.4, -0.2) is 35.5 Å². The second kappa shape index (κ2) is 7.89. The molecular weight excluding hydrogens is 314 g/mol. The van der Waals surface area contributed by atoms with E-state index >= 15 is 0 Å². The molecule has 1 atom stereocenters. The van der Waals surface area contributed by atoms with Gasteiger partial charge < -0.3 is 15.5 Å². The largest absolute Gasteiger partial charge is 0.335 e. The van der Waals surface area contributed by atoms with Crippen LogP contribution in [0.1, 0.15) is 56.1 Å². The van der Waals surface area contributed by atoms with Crippen molar-refractivity contribution < 1.29 is 9.59 Å². The number of amides is 3. The summed E-state index contributed by atoms with van der Waals surface area (Å²) in [6, 6.07) is 5.83. The maximum absolute atomic E-state index is 12.7. The van der Waals surface area contributed by atoms with Crippen LogP contribution in [0, 0.1) is 13.8 Å². The van der Waals surface area contributed by atoms with Gasteiger partial charge in [0.25, 0.3) is 0 Å². The number of anilines is 1. The highest BCUT2D eigenvalue weighted by Gasteiger charge is 2.35. The lowest BCUT2D eigenvalue weighted by atomic mass is 9.96. The molecule has 1 aliphatic carbocycles. The Morgan fingerprint density at radius 1 is 0.960 bits per heavy atom. The normalized spacial score (nSPS) is 21.2. The van der Waals surface area contributed by atoms with Crippen LogP contribution in [-0.2, 0) is 4.79 Å². The van der Waals surface area contributed by atoms with Crippen molar-refractivity contribution in [2.45, 2.75) is 70.9 Å². The Balaban J connectivity index is 1.61. The van der Waals surface area contributed by atoms with Gasteiger partial charge in [0.2, 0.25) is 5.91 Å². The molecule has 1 saturated heterocycles. The number of nitrogens with zero attached hydrogens (tertiary/aromatic N) is 1. The first kappa shape index (κ1) is 17.8. The molecule has 1 saturated carbocycles. The number of carbonyl (C=O) groups excluding carboxylic acids is 2. The molecule has 0 unspecified atom stereocenters. The first-order valence-electron chi connectivity index (χ1n) is 9.49. The van der Waals surface area contributed by atoms with Gasteiger partial charge in [-0.1, -0.05) is 25.3 Å². The molecule has 1 aliphatic heterocycles. The van der Waals surface area contributed by atoms with Crippen molar-refractivity contribution >= 4 is 17.6 Å². The van der Waals surface area contributed by atoms with Gasteiger partial charge in [-0.3, -0.25) is 4.79 Å². The lowest BCUT2D eigenvalue weighted by Crippen LogP contribution is -2.50. The third-order valence-electron chi connectivity index (χ3n) is 5.24. The molecule has 25 heavy (non-hydrogen) atoms. The van der Waals surface area contributed by atoms with Crippen molar-refractivity contribution in [3.05, 3.63) is 29.3 Å². The van der Waals surface area contributed by atoms with Gasteiger partial charge in [-0.15, -0.1) is 0 Å². The van der Waals surface area contributed by atoms with Gasteiger partial charge in [0.05, 0.1) is 0 Å². The summed E-state index contributed by atoms with van der Waals surface area (Å²) in [6.07, 6.45) is 7.34. The summed E-state index contributed by atoms with van der Waals surface area (Å²) in [7, 11) is 0. The van der Waals surface area contributed by atoms with Crippen LogP contribution in [0.2, 0.25) is 0 Å². The Morgan fingerprint density at radius 2 is 1.64 bits per heavy atom. The molecule has 3 amide bonds. The van der Waals surface area contributed by atoms with Gasteiger partial charge in [-0.25, -0.2) is 4.79 Å². The Hall–Kier alpha value is -2.04. The molecule has 1 heterocycles. The molecule has 5 heteroatoms. The van der Waals surface area contributed by atoms with E-state index < -0.39 is 0 Å². The fraction of sp³-hybridized carbons (Fsp3) is 0.600. The number of likely N-dealkylation sites (tertiary alicyclic amines) is 1. The quantitative estimate of drug-likeness (QED) is 0.878. The predicted octanol–water partition coefficient (Wildman–Crippen LogP) is 3.75. The van der Waals surface area contributed by atoms with Gasteiger partial charge in [0, 0.05) is 18.3 Å². The molecule has 0 bridgehead atoms. The Bertz CT molecular complexity index is 618. The van der Waals surface area contributed by atoms with Crippen molar-refractivity contribution in [1.82, 2.24) is 10.2 Å². The molecule has 2 fully saturated rings. The summed E-state index contributed by atoms with van der Waals surface area (Å²) >= 11 is 0. The van der Waals surface area contributed by atoms with E-state index in [9.17, 15) is 9.59 Å². The van der Waals surface area contributed by atoms with E-state index in [1.165, 1.54) is 19.3 Å². The zero-order valence-corrected chi connectivity index (χ0v) is 15.3. The monoisotopic (exact) mass is 343 g/mol. The Morgan fingerprint density at radius 3 is 2.32 bits per heavy atom. The van der Waals surface area contributed by atoms with Crippen LogP contribution < -0.4 is 10.6 Å². The number of hydrogen-bond acceptors (Lipinski definition) is 2. The van der Waals surface area contributed by atoms with Crippen molar-refractivity contribution in [1.29, 1.82) is 0 Å². The van der Waals surface area contributed by atoms with Gasteiger partial charge >= 0.3 is 6.03 Å². The van der Waals surface area contributed by atoms with E-state index in [1.807, 2.05) is 26.0 Å². The van der Waals surface area contributed by atoms with E-state index in [2.05, 4.69) is 16.7 Å². The molecule has 0 radical (unpaired) electrons. The summed E-state index contributed by atoms with van der Waals surface area (Å²) < 4.78 is 0. The van der Waals surface area contributed by atoms with Crippen LogP contribution in [0.4, 0.5) is 10.5 Å². The van der Waals surface area contributed by atoms with E-state index in [0.717, 1.165) is 42.5 Å². The van der Waals surface area contributed by atoms with E-state index in [0.29, 0.717) is 6.54 Å². The fourth-order valence-corrected chi connectivity index (χ4v) is 4.06. The molecule has 136 valence electrons. The summed E-state index contributed by atoms with van der Waals surface area (Å²) in [4.78, 5) is 27.1. The maximum atomic E-state index is 12.7. The molecule has 0 aromatic heterocycles. The van der Waals surface area contributed by atoms with E-state index in [4.69, 9.17) is 0 Å². The third-order valence-corrected chi connectivity index (χ3v) is 5.24. The second-order valence-electron chi connectivity index (χ2n) is 7.50. The number of carbonyl (C=O) groups is 2. The minimum Gasteiger partial charge on any atom is -0.335 e. The molecule has 1 aromatic carbocycles. The SMILES string of the molecule is Cc1cc(C)cc(NC(=O)[C@@H]2CCCN2C(=O)NC2CCCCC2)c1. The van der Waals surface area contributed by atoms with Crippen LogP contribution in [0.15, 0.2) is 18.2 Å². The smallest absolute Gasteiger partial charge is 0.318 e. The average molecular weight is 343 g/mol. The third kappa shape index (κ3) is 4.53. The van der Waals surface area contributed by atoms with Gasteiger partial charge in [-0.05, 0) is 62.8 Å². The number of nitrogens with one attached hydrogen (secondary N) is 2. The zero-order chi connectivity index (χ0) is 17.8. The van der Waals surface area contributed by atoms with Crippen LogP contribution >= 0.6 is 0 Å². The minimum atomic E-state index is -0.371. The van der Waals surface area contributed by atoms with Crippen LogP contribution in [0.5, 0.6) is 0 Å². The number of rotatable bonds is 3. The van der Waals surface area contributed by atoms with Crippen LogP contribution in [0.3, 0.4) is 0 Å². The van der Waals surface area contributed by atoms with Gasteiger partial charge in [0.15, 0.2) is 0 Å². The maximum Gasteiger partial charge on any atom is 0.318 e. The standard InChI is InChI=1S/C20H29N3O2/c1-14-11-15(2)13-17(12-14)21-19(24)18-9-6-10-23(18)20(25)22-16-7-4-3-5-8-16/h11-13,16,18H,3-10H2,1-2H3,(H,21,24)(H,22,25)/t18-/m0/s1. The first-order valence-corrected chi connectivity index (χ1v) is 9.49. The topological polar surface area (TPSA) is 61.4 Å². The Labute approximate surface area is 150 Å². The lowest BCUT2D eigenvalue weighted by molar-refractivity contribution is -0.119. The molecule has 3 rings (SSSR count). The van der Waals surface area contributed by atoms with E-state index in [-0.39, 0.29) is 24.0 Å². The number of hydrogen-bond donors (Lipinski definition) is 2. The first-order chi connectivity index (χ1) is 12.0. The number of aryl methyl sites for hydroxylation is 2. The highest BCUT2D eigenvalue weighted by molar-refractivity contribution is 5.97. The van der Waals surface area contributed by atoms with Crippen molar-refractivity contribution in [3.63, 3.8) is 0 Å². The van der Waals surface area contributed by atoms with Gasteiger partial charge in [0.1, 0.15) is 6.04 Å². The van der Waals surface area contributed by atoms with Crippen molar-refractivity contribution in [2.75, 3.05) is 11.9 Å². The molecule has 0 spiro atoms. The molecule has 5 nitrogen and oxygen atoms in total. The minimum absolute atomic E-state index is 0.0787. The lowest BCUT2D eigenvalue weighted by Gasteiger charge is -2.29.